The lowest BCUT2D eigenvalue weighted by Crippen LogP contribution is -2.15. The summed E-state index contributed by atoms with van der Waals surface area (Å²) in [6.07, 6.45) is 0. The number of carbonyl (C=O) groups excluding carboxylic acids is 1. The summed E-state index contributed by atoms with van der Waals surface area (Å²) in [4.78, 5) is 22.8. The van der Waals surface area contributed by atoms with Gasteiger partial charge in [-0.15, -0.1) is 0 Å². The largest absolute Gasteiger partial charge is 0.387 e. The SMILES string of the molecule is CNc1ccccc1C(=O)Nc1cc(C)ccc1[N+](=O)[O-]. The van der Waals surface area contributed by atoms with Gasteiger partial charge in [0.1, 0.15) is 5.69 Å². The lowest BCUT2D eigenvalue weighted by atomic mass is 10.1. The van der Waals surface area contributed by atoms with Crippen LogP contribution in [0.15, 0.2) is 42.5 Å². The third-order valence-corrected chi connectivity index (χ3v) is 3.04. The number of amides is 1. The van der Waals surface area contributed by atoms with E-state index in [1.807, 2.05) is 0 Å². The first-order valence-electron chi connectivity index (χ1n) is 6.36. The molecule has 0 unspecified atom stereocenters. The fourth-order valence-electron chi connectivity index (χ4n) is 2.00. The van der Waals surface area contributed by atoms with Crippen molar-refractivity contribution in [2.75, 3.05) is 17.7 Å². The summed E-state index contributed by atoms with van der Waals surface area (Å²) < 4.78 is 0. The van der Waals surface area contributed by atoms with Crippen molar-refractivity contribution in [3.63, 3.8) is 0 Å². The first-order chi connectivity index (χ1) is 10.0. The molecule has 0 aliphatic carbocycles. The quantitative estimate of drug-likeness (QED) is 0.667. The van der Waals surface area contributed by atoms with Gasteiger partial charge in [0, 0.05) is 18.8 Å². The molecule has 0 spiro atoms. The predicted octanol–water partition coefficient (Wildman–Crippen LogP) is 3.20. The molecule has 0 bridgehead atoms. The Morgan fingerprint density at radius 1 is 1.14 bits per heavy atom. The number of aryl methyl sites for hydroxylation is 1. The standard InChI is InChI=1S/C15H15N3O3/c1-10-7-8-14(18(20)21)13(9-10)17-15(19)11-5-3-4-6-12(11)16-2/h3-9,16H,1-2H3,(H,17,19). The molecule has 6 heteroatoms. The van der Waals surface area contributed by atoms with Crippen molar-refractivity contribution in [1.29, 1.82) is 0 Å². The third-order valence-electron chi connectivity index (χ3n) is 3.04. The van der Waals surface area contributed by atoms with E-state index >= 15 is 0 Å². The average molecular weight is 285 g/mol. The van der Waals surface area contributed by atoms with Gasteiger partial charge in [0.2, 0.25) is 0 Å². The van der Waals surface area contributed by atoms with Gasteiger partial charge in [-0.1, -0.05) is 18.2 Å². The fourth-order valence-corrected chi connectivity index (χ4v) is 2.00. The fraction of sp³-hybridized carbons (Fsp3) is 0.133. The second-order valence-electron chi connectivity index (χ2n) is 4.53. The number of nitro benzene ring substituents is 1. The molecule has 0 atom stereocenters. The molecule has 21 heavy (non-hydrogen) atoms. The first kappa shape index (κ1) is 14.5. The molecule has 2 aromatic rings. The van der Waals surface area contributed by atoms with Gasteiger partial charge in [-0.2, -0.15) is 0 Å². The van der Waals surface area contributed by atoms with Crippen LogP contribution < -0.4 is 10.6 Å². The number of hydrogen-bond acceptors (Lipinski definition) is 4. The molecule has 0 fully saturated rings. The number of nitrogens with one attached hydrogen (secondary N) is 2. The molecular formula is C15H15N3O3. The van der Waals surface area contributed by atoms with E-state index in [4.69, 9.17) is 0 Å². The summed E-state index contributed by atoms with van der Waals surface area (Å²) in [5.74, 6) is -0.395. The molecule has 0 saturated heterocycles. The van der Waals surface area contributed by atoms with Crippen molar-refractivity contribution in [2.45, 2.75) is 6.92 Å². The van der Waals surface area contributed by atoms with E-state index < -0.39 is 10.8 Å². The van der Waals surface area contributed by atoms with E-state index in [0.717, 1.165) is 5.56 Å². The van der Waals surface area contributed by atoms with Crippen molar-refractivity contribution in [1.82, 2.24) is 0 Å². The van der Waals surface area contributed by atoms with Gasteiger partial charge in [0.25, 0.3) is 11.6 Å². The highest BCUT2D eigenvalue weighted by molar-refractivity contribution is 6.08. The number of anilines is 2. The van der Waals surface area contributed by atoms with E-state index in [1.165, 1.54) is 6.07 Å². The number of nitrogens with zero attached hydrogens (tertiary/aromatic N) is 1. The Hall–Kier alpha value is -2.89. The second-order valence-corrected chi connectivity index (χ2v) is 4.53. The van der Waals surface area contributed by atoms with E-state index in [9.17, 15) is 14.9 Å². The Morgan fingerprint density at radius 2 is 1.86 bits per heavy atom. The van der Waals surface area contributed by atoms with Crippen LogP contribution in [0.3, 0.4) is 0 Å². The Morgan fingerprint density at radius 3 is 2.52 bits per heavy atom. The van der Waals surface area contributed by atoms with E-state index in [2.05, 4.69) is 10.6 Å². The Kier molecular flexibility index (Phi) is 4.18. The zero-order valence-corrected chi connectivity index (χ0v) is 11.7. The highest BCUT2D eigenvalue weighted by Gasteiger charge is 2.17. The topological polar surface area (TPSA) is 84.3 Å². The number of carbonyl (C=O) groups is 1. The molecule has 2 N–H and O–H groups in total. The maximum absolute atomic E-state index is 12.3. The number of nitro groups is 1. The summed E-state index contributed by atoms with van der Waals surface area (Å²) in [6.45, 7) is 1.81. The van der Waals surface area contributed by atoms with Crippen LogP contribution in [0.1, 0.15) is 15.9 Å². The monoisotopic (exact) mass is 285 g/mol. The number of rotatable bonds is 4. The van der Waals surface area contributed by atoms with E-state index in [1.54, 1.807) is 50.4 Å². The summed E-state index contributed by atoms with van der Waals surface area (Å²) in [6, 6.07) is 11.6. The highest BCUT2D eigenvalue weighted by atomic mass is 16.6. The van der Waals surface area contributed by atoms with Crippen molar-refractivity contribution >= 4 is 23.0 Å². The number of para-hydroxylation sites is 1. The minimum Gasteiger partial charge on any atom is -0.387 e. The van der Waals surface area contributed by atoms with Gasteiger partial charge in [-0.05, 0) is 30.7 Å². The van der Waals surface area contributed by atoms with Crippen LogP contribution >= 0.6 is 0 Å². The minimum absolute atomic E-state index is 0.129. The zero-order valence-electron chi connectivity index (χ0n) is 11.7. The van der Waals surface area contributed by atoms with E-state index in [0.29, 0.717) is 11.3 Å². The van der Waals surface area contributed by atoms with Gasteiger partial charge in [0.05, 0.1) is 10.5 Å². The van der Waals surface area contributed by atoms with Gasteiger partial charge < -0.3 is 10.6 Å². The van der Waals surface area contributed by atoms with Gasteiger partial charge >= 0.3 is 0 Å². The minimum atomic E-state index is -0.515. The van der Waals surface area contributed by atoms with Crippen LogP contribution in [-0.2, 0) is 0 Å². The zero-order chi connectivity index (χ0) is 15.4. The molecule has 0 aliphatic heterocycles. The van der Waals surface area contributed by atoms with Crippen LogP contribution in [0.5, 0.6) is 0 Å². The molecule has 0 aliphatic rings. The molecule has 0 aromatic heterocycles. The van der Waals surface area contributed by atoms with Gasteiger partial charge in [-0.25, -0.2) is 0 Å². The Labute approximate surface area is 121 Å². The van der Waals surface area contributed by atoms with Crippen LogP contribution in [0.25, 0.3) is 0 Å². The second kappa shape index (κ2) is 6.04. The average Bonchev–Trinajstić information content (AvgIpc) is 2.46. The summed E-state index contributed by atoms with van der Waals surface area (Å²) >= 11 is 0. The molecule has 6 nitrogen and oxygen atoms in total. The van der Waals surface area contributed by atoms with Crippen molar-refractivity contribution in [3.05, 3.63) is 63.7 Å². The lowest BCUT2D eigenvalue weighted by Gasteiger charge is -2.10. The number of hydrogen-bond donors (Lipinski definition) is 2. The summed E-state index contributed by atoms with van der Waals surface area (Å²) in [5, 5.41) is 16.5. The highest BCUT2D eigenvalue weighted by Crippen LogP contribution is 2.26. The van der Waals surface area contributed by atoms with Crippen LogP contribution in [-0.4, -0.2) is 17.9 Å². The molecule has 0 radical (unpaired) electrons. The van der Waals surface area contributed by atoms with Crippen LogP contribution in [0.2, 0.25) is 0 Å². The van der Waals surface area contributed by atoms with E-state index in [-0.39, 0.29) is 11.4 Å². The maximum Gasteiger partial charge on any atom is 0.292 e. The third kappa shape index (κ3) is 3.17. The summed E-state index contributed by atoms with van der Waals surface area (Å²) in [5.41, 5.74) is 1.98. The molecule has 0 saturated carbocycles. The lowest BCUT2D eigenvalue weighted by molar-refractivity contribution is -0.383. The molecule has 108 valence electrons. The Balaban J connectivity index is 2.36. The van der Waals surface area contributed by atoms with Crippen LogP contribution in [0, 0.1) is 17.0 Å². The van der Waals surface area contributed by atoms with Crippen molar-refractivity contribution < 1.29 is 9.72 Å². The normalized spacial score (nSPS) is 10.0. The van der Waals surface area contributed by atoms with Crippen LogP contribution in [0.4, 0.5) is 17.1 Å². The first-order valence-corrected chi connectivity index (χ1v) is 6.36. The molecule has 2 aromatic carbocycles. The smallest absolute Gasteiger partial charge is 0.292 e. The Bertz CT molecular complexity index is 698. The molecule has 2 rings (SSSR count). The maximum atomic E-state index is 12.3. The van der Waals surface area contributed by atoms with Crippen molar-refractivity contribution in [3.8, 4) is 0 Å². The van der Waals surface area contributed by atoms with Gasteiger partial charge in [-0.3, -0.25) is 14.9 Å². The van der Waals surface area contributed by atoms with Gasteiger partial charge in [0.15, 0.2) is 0 Å². The molecule has 0 heterocycles. The molecular weight excluding hydrogens is 270 g/mol. The summed E-state index contributed by atoms with van der Waals surface area (Å²) in [7, 11) is 1.71. The molecule has 1 amide bonds. The van der Waals surface area contributed by atoms with Crippen molar-refractivity contribution in [2.24, 2.45) is 0 Å². The number of benzene rings is 2. The predicted molar refractivity (Wildman–Crippen MR) is 81.8 cm³/mol.